The molecular weight excluding hydrogens is 278 g/mol. The summed E-state index contributed by atoms with van der Waals surface area (Å²) in [6.45, 7) is 10.1. The predicted octanol–water partition coefficient (Wildman–Crippen LogP) is 4.36. The first-order chi connectivity index (χ1) is 10.3. The molecule has 0 aliphatic carbocycles. The summed E-state index contributed by atoms with van der Waals surface area (Å²) < 4.78 is 0. The van der Waals surface area contributed by atoms with Gasteiger partial charge >= 0.3 is 0 Å². The third-order valence-corrected chi connectivity index (χ3v) is 5.43. The number of aryl methyl sites for hydroxylation is 1. The van der Waals surface area contributed by atoms with Crippen LogP contribution in [-0.4, -0.2) is 24.1 Å². The molecule has 0 saturated carbocycles. The molecule has 1 aromatic rings. The standard InChI is InChI=1S/C17H31N3S/c1-4-6-11-18-13-16-15(9-5-2)19-17(21-16)20-12-8-7-10-14(20)3/h14,18H,4-13H2,1-3H3. The van der Waals surface area contributed by atoms with Crippen LogP contribution in [0.4, 0.5) is 5.13 Å². The molecule has 1 fully saturated rings. The van der Waals surface area contributed by atoms with E-state index in [0.29, 0.717) is 6.04 Å². The van der Waals surface area contributed by atoms with Gasteiger partial charge in [-0.15, -0.1) is 11.3 Å². The zero-order valence-electron chi connectivity index (χ0n) is 14.0. The first kappa shape index (κ1) is 16.8. The van der Waals surface area contributed by atoms with Crippen LogP contribution >= 0.6 is 11.3 Å². The van der Waals surface area contributed by atoms with Crippen LogP contribution in [0, 0.1) is 0 Å². The van der Waals surface area contributed by atoms with E-state index in [1.807, 2.05) is 11.3 Å². The van der Waals surface area contributed by atoms with Crippen LogP contribution in [-0.2, 0) is 13.0 Å². The van der Waals surface area contributed by atoms with Gasteiger partial charge in [-0.3, -0.25) is 0 Å². The normalized spacial score (nSPS) is 19.2. The second-order valence-electron chi connectivity index (χ2n) is 6.18. The van der Waals surface area contributed by atoms with Crippen molar-refractivity contribution in [3.8, 4) is 0 Å². The third-order valence-electron chi connectivity index (χ3n) is 4.30. The summed E-state index contributed by atoms with van der Waals surface area (Å²) in [4.78, 5) is 8.97. The highest BCUT2D eigenvalue weighted by Crippen LogP contribution is 2.31. The minimum atomic E-state index is 0.653. The zero-order chi connectivity index (χ0) is 15.1. The van der Waals surface area contributed by atoms with Crippen LogP contribution in [0.25, 0.3) is 0 Å². The summed E-state index contributed by atoms with van der Waals surface area (Å²) in [5.74, 6) is 0. The number of piperidine rings is 1. The Morgan fingerprint density at radius 3 is 2.86 bits per heavy atom. The van der Waals surface area contributed by atoms with Crippen molar-refractivity contribution in [2.45, 2.75) is 78.3 Å². The smallest absolute Gasteiger partial charge is 0.186 e. The fourth-order valence-corrected chi connectivity index (χ4v) is 4.15. The van der Waals surface area contributed by atoms with E-state index in [-0.39, 0.29) is 0 Å². The van der Waals surface area contributed by atoms with Gasteiger partial charge in [0.05, 0.1) is 5.69 Å². The molecule has 1 atom stereocenters. The Bertz CT molecular complexity index is 416. The van der Waals surface area contributed by atoms with Gasteiger partial charge in [0.25, 0.3) is 0 Å². The molecule has 21 heavy (non-hydrogen) atoms. The molecule has 0 radical (unpaired) electrons. The Hall–Kier alpha value is -0.610. The Morgan fingerprint density at radius 2 is 2.14 bits per heavy atom. The molecule has 2 heterocycles. The number of rotatable bonds is 8. The monoisotopic (exact) mass is 309 g/mol. The van der Waals surface area contributed by atoms with E-state index < -0.39 is 0 Å². The van der Waals surface area contributed by atoms with Crippen LogP contribution < -0.4 is 10.2 Å². The number of hydrogen-bond acceptors (Lipinski definition) is 4. The Kier molecular flexibility index (Phi) is 6.97. The van der Waals surface area contributed by atoms with Crippen molar-refractivity contribution in [3.05, 3.63) is 10.6 Å². The molecule has 0 amide bonds. The number of nitrogens with one attached hydrogen (secondary N) is 1. The van der Waals surface area contributed by atoms with Gasteiger partial charge in [0, 0.05) is 24.0 Å². The van der Waals surface area contributed by atoms with Crippen molar-refractivity contribution in [2.24, 2.45) is 0 Å². The van der Waals surface area contributed by atoms with E-state index >= 15 is 0 Å². The van der Waals surface area contributed by atoms with Crippen molar-refractivity contribution in [1.82, 2.24) is 10.3 Å². The van der Waals surface area contributed by atoms with E-state index in [4.69, 9.17) is 4.98 Å². The molecule has 1 aliphatic heterocycles. The van der Waals surface area contributed by atoms with Crippen LogP contribution in [0.1, 0.15) is 69.9 Å². The third kappa shape index (κ3) is 4.68. The summed E-state index contributed by atoms with van der Waals surface area (Å²) in [7, 11) is 0. The largest absolute Gasteiger partial charge is 0.345 e. The van der Waals surface area contributed by atoms with E-state index in [2.05, 4.69) is 31.0 Å². The lowest BCUT2D eigenvalue weighted by atomic mass is 10.0. The highest BCUT2D eigenvalue weighted by Gasteiger charge is 2.22. The summed E-state index contributed by atoms with van der Waals surface area (Å²) in [5, 5.41) is 4.84. The Balaban J connectivity index is 2.04. The van der Waals surface area contributed by atoms with E-state index in [9.17, 15) is 0 Å². The summed E-state index contributed by atoms with van der Waals surface area (Å²) in [6.07, 6.45) is 8.82. The van der Waals surface area contributed by atoms with Crippen LogP contribution in [0.3, 0.4) is 0 Å². The van der Waals surface area contributed by atoms with Crippen molar-refractivity contribution < 1.29 is 0 Å². The molecule has 1 aliphatic rings. The van der Waals surface area contributed by atoms with Gasteiger partial charge < -0.3 is 10.2 Å². The molecule has 1 N–H and O–H groups in total. The molecule has 1 unspecified atom stereocenters. The Labute approximate surface area is 134 Å². The molecule has 0 bridgehead atoms. The molecule has 120 valence electrons. The van der Waals surface area contributed by atoms with Gasteiger partial charge in [-0.2, -0.15) is 0 Å². The van der Waals surface area contributed by atoms with Crippen LogP contribution in [0.5, 0.6) is 0 Å². The highest BCUT2D eigenvalue weighted by atomic mass is 32.1. The predicted molar refractivity (Wildman–Crippen MR) is 93.4 cm³/mol. The van der Waals surface area contributed by atoms with Crippen molar-refractivity contribution in [1.29, 1.82) is 0 Å². The lowest BCUT2D eigenvalue weighted by molar-refractivity contribution is 0.484. The number of thiazole rings is 1. The summed E-state index contributed by atoms with van der Waals surface area (Å²) in [5.41, 5.74) is 1.33. The quantitative estimate of drug-likeness (QED) is 0.723. The SMILES string of the molecule is CCCCNCc1sc(N2CCCCC2C)nc1CCC. The maximum absolute atomic E-state index is 4.98. The molecule has 2 rings (SSSR count). The topological polar surface area (TPSA) is 28.2 Å². The first-order valence-electron chi connectivity index (χ1n) is 8.72. The molecule has 4 heteroatoms. The summed E-state index contributed by atoms with van der Waals surface area (Å²) >= 11 is 1.92. The lowest BCUT2D eigenvalue weighted by Crippen LogP contribution is -2.37. The van der Waals surface area contributed by atoms with Crippen molar-refractivity contribution >= 4 is 16.5 Å². The first-order valence-corrected chi connectivity index (χ1v) is 9.53. The number of nitrogens with zero attached hydrogens (tertiary/aromatic N) is 2. The molecule has 0 spiro atoms. The van der Waals surface area contributed by atoms with E-state index in [1.54, 1.807) is 0 Å². The van der Waals surface area contributed by atoms with Gasteiger partial charge in [-0.05, 0) is 45.6 Å². The average Bonchev–Trinajstić information content (AvgIpc) is 2.87. The molecule has 1 aromatic heterocycles. The van der Waals surface area contributed by atoms with E-state index in [1.165, 1.54) is 60.8 Å². The molecule has 1 saturated heterocycles. The van der Waals surface area contributed by atoms with Crippen LogP contribution in [0.15, 0.2) is 0 Å². The second-order valence-corrected chi connectivity index (χ2v) is 7.25. The Morgan fingerprint density at radius 1 is 1.29 bits per heavy atom. The molecule has 3 nitrogen and oxygen atoms in total. The maximum Gasteiger partial charge on any atom is 0.186 e. The second kappa shape index (κ2) is 8.74. The fourth-order valence-electron chi connectivity index (χ4n) is 2.95. The lowest BCUT2D eigenvalue weighted by Gasteiger charge is -2.33. The van der Waals surface area contributed by atoms with Gasteiger partial charge in [0.2, 0.25) is 0 Å². The van der Waals surface area contributed by atoms with Crippen molar-refractivity contribution in [2.75, 3.05) is 18.0 Å². The van der Waals surface area contributed by atoms with Gasteiger partial charge in [0.1, 0.15) is 0 Å². The van der Waals surface area contributed by atoms with E-state index in [0.717, 1.165) is 19.5 Å². The highest BCUT2D eigenvalue weighted by molar-refractivity contribution is 7.15. The van der Waals surface area contributed by atoms with Crippen molar-refractivity contribution in [3.63, 3.8) is 0 Å². The number of hydrogen-bond donors (Lipinski definition) is 1. The fraction of sp³-hybridized carbons (Fsp3) is 0.824. The van der Waals surface area contributed by atoms with Gasteiger partial charge in [-0.25, -0.2) is 4.98 Å². The van der Waals surface area contributed by atoms with Gasteiger partial charge in [-0.1, -0.05) is 26.7 Å². The number of aromatic nitrogens is 1. The van der Waals surface area contributed by atoms with Crippen LogP contribution in [0.2, 0.25) is 0 Å². The molecular formula is C17H31N3S. The molecule has 0 aromatic carbocycles. The number of unbranched alkanes of at least 4 members (excludes halogenated alkanes) is 1. The number of anilines is 1. The minimum absolute atomic E-state index is 0.653. The van der Waals surface area contributed by atoms with Gasteiger partial charge in [0.15, 0.2) is 5.13 Å². The minimum Gasteiger partial charge on any atom is -0.345 e. The summed E-state index contributed by atoms with van der Waals surface area (Å²) in [6, 6.07) is 0.653. The zero-order valence-corrected chi connectivity index (χ0v) is 14.8. The maximum atomic E-state index is 4.98. The average molecular weight is 310 g/mol.